The molecule has 1 aliphatic rings. The number of benzene rings is 3. The molecule has 0 fully saturated rings. The number of hydrogen-bond acceptors (Lipinski definition) is 4. The van der Waals surface area contributed by atoms with Crippen LogP contribution in [0, 0.1) is 5.82 Å². The number of nitrogens with one attached hydrogen (secondary N) is 2. The lowest BCUT2D eigenvalue weighted by atomic mass is 10.1. The smallest absolute Gasteiger partial charge is 0.325 e. The second-order valence-corrected chi connectivity index (χ2v) is 7.80. The van der Waals surface area contributed by atoms with Gasteiger partial charge in [0.05, 0.1) is 27.9 Å². The van der Waals surface area contributed by atoms with Crippen LogP contribution in [0.2, 0.25) is 0 Å². The molecule has 7 nitrogen and oxygen atoms in total. The van der Waals surface area contributed by atoms with Crippen molar-refractivity contribution >= 4 is 35.0 Å². The van der Waals surface area contributed by atoms with Gasteiger partial charge in [-0.25, -0.2) is 4.39 Å². The van der Waals surface area contributed by atoms with Crippen molar-refractivity contribution in [1.29, 1.82) is 0 Å². The Morgan fingerprint density at radius 3 is 2.06 bits per heavy atom. The van der Waals surface area contributed by atoms with Crippen LogP contribution in [0.3, 0.4) is 0 Å². The fourth-order valence-corrected chi connectivity index (χ4v) is 3.68. The first-order valence-corrected chi connectivity index (χ1v) is 10.6. The van der Waals surface area contributed by atoms with E-state index in [1.165, 1.54) is 30.3 Å². The van der Waals surface area contributed by atoms with Gasteiger partial charge in [-0.3, -0.25) is 24.1 Å². The van der Waals surface area contributed by atoms with Crippen LogP contribution in [0.4, 0.5) is 28.9 Å². The highest BCUT2D eigenvalue weighted by Crippen LogP contribution is 2.37. The number of nitrogens with zero attached hydrogens (tertiary/aromatic N) is 1. The van der Waals surface area contributed by atoms with E-state index in [-0.39, 0.29) is 28.9 Å². The average Bonchev–Trinajstić information content (AvgIpc) is 3.08. The minimum Gasteiger partial charge on any atom is -0.325 e. The molecule has 4 amide bonds. The van der Waals surface area contributed by atoms with E-state index in [9.17, 15) is 36.7 Å². The Balaban J connectivity index is 1.46. The van der Waals surface area contributed by atoms with Crippen LogP contribution in [-0.2, 0) is 11.0 Å². The van der Waals surface area contributed by atoms with Gasteiger partial charge >= 0.3 is 6.18 Å². The van der Waals surface area contributed by atoms with Gasteiger partial charge in [0.15, 0.2) is 0 Å². The van der Waals surface area contributed by atoms with Gasteiger partial charge in [0, 0.05) is 18.7 Å². The van der Waals surface area contributed by atoms with Crippen LogP contribution in [0.1, 0.15) is 43.1 Å². The summed E-state index contributed by atoms with van der Waals surface area (Å²) in [5.74, 6) is -3.82. The Morgan fingerprint density at radius 1 is 0.833 bits per heavy atom. The number of fused-ring (bicyclic) bond motifs is 1. The molecule has 0 saturated carbocycles. The number of carbonyl (C=O) groups excluding carboxylic acids is 4. The lowest BCUT2D eigenvalue weighted by molar-refractivity contribution is -0.136. The van der Waals surface area contributed by atoms with E-state index in [0.717, 1.165) is 23.1 Å². The van der Waals surface area contributed by atoms with Gasteiger partial charge < -0.3 is 10.6 Å². The van der Waals surface area contributed by atoms with Crippen molar-refractivity contribution in [3.05, 3.63) is 94.8 Å². The zero-order chi connectivity index (χ0) is 26.0. The molecular formula is C25H17F4N3O4. The zero-order valence-electron chi connectivity index (χ0n) is 18.4. The van der Waals surface area contributed by atoms with Crippen molar-refractivity contribution in [3.8, 4) is 0 Å². The van der Waals surface area contributed by atoms with Gasteiger partial charge in [-0.05, 0) is 42.5 Å². The Morgan fingerprint density at radius 2 is 1.44 bits per heavy atom. The summed E-state index contributed by atoms with van der Waals surface area (Å²) in [4.78, 5) is 50.2. The van der Waals surface area contributed by atoms with Gasteiger partial charge in [-0.15, -0.1) is 0 Å². The molecular weight excluding hydrogens is 482 g/mol. The first-order valence-electron chi connectivity index (χ1n) is 10.6. The van der Waals surface area contributed by atoms with E-state index >= 15 is 0 Å². The summed E-state index contributed by atoms with van der Waals surface area (Å²) < 4.78 is 54.8. The summed E-state index contributed by atoms with van der Waals surface area (Å²) in [6, 6.07) is 13.8. The summed E-state index contributed by atoms with van der Waals surface area (Å²) in [7, 11) is 0. The molecule has 0 bridgehead atoms. The van der Waals surface area contributed by atoms with Crippen molar-refractivity contribution in [2.24, 2.45) is 0 Å². The minimum atomic E-state index is -4.90. The van der Waals surface area contributed by atoms with Gasteiger partial charge in [0.2, 0.25) is 5.91 Å². The van der Waals surface area contributed by atoms with E-state index in [1.54, 1.807) is 12.1 Å². The quantitative estimate of drug-likeness (QED) is 0.379. The first-order chi connectivity index (χ1) is 17.1. The molecule has 11 heteroatoms. The molecule has 0 atom stereocenters. The number of rotatable bonds is 6. The number of anilines is 2. The lowest BCUT2D eigenvalue weighted by Gasteiger charge is -2.17. The molecule has 0 radical (unpaired) electrons. The molecule has 0 aromatic heterocycles. The van der Waals surface area contributed by atoms with Crippen LogP contribution in [0.5, 0.6) is 0 Å². The number of amides is 4. The van der Waals surface area contributed by atoms with Crippen molar-refractivity contribution in [2.45, 2.75) is 12.6 Å². The molecule has 1 aliphatic heterocycles. The maximum atomic E-state index is 13.8. The zero-order valence-corrected chi connectivity index (χ0v) is 18.4. The van der Waals surface area contributed by atoms with Crippen LogP contribution < -0.4 is 10.6 Å². The number of alkyl halides is 3. The predicted octanol–water partition coefficient (Wildman–Crippen LogP) is 4.72. The van der Waals surface area contributed by atoms with Crippen LogP contribution in [0.25, 0.3) is 0 Å². The fraction of sp³-hybridized carbons (Fsp3) is 0.120. The van der Waals surface area contributed by atoms with E-state index in [2.05, 4.69) is 10.6 Å². The maximum Gasteiger partial charge on any atom is 0.418 e. The minimum absolute atomic E-state index is 0.190. The summed E-state index contributed by atoms with van der Waals surface area (Å²) in [5.41, 5.74) is -2.07. The monoisotopic (exact) mass is 499 g/mol. The lowest BCUT2D eigenvalue weighted by Crippen LogP contribution is -2.33. The summed E-state index contributed by atoms with van der Waals surface area (Å²) in [5, 5.41) is 4.33. The summed E-state index contributed by atoms with van der Waals surface area (Å²) in [6.45, 7) is -0.323. The highest BCUT2D eigenvalue weighted by molar-refractivity contribution is 6.21. The molecule has 0 saturated heterocycles. The Hall–Kier alpha value is -4.54. The highest BCUT2D eigenvalue weighted by Gasteiger charge is 2.36. The molecule has 1 heterocycles. The predicted molar refractivity (Wildman–Crippen MR) is 121 cm³/mol. The topological polar surface area (TPSA) is 95.6 Å². The number of hydrogen-bond donors (Lipinski definition) is 2. The van der Waals surface area contributed by atoms with Crippen molar-refractivity contribution in [1.82, 2.24) is 4.90 Å². The normalized spacial score (nSPS) is 12.9. The third-order valence-corrected chi connectivity index (χ3v) is 5.42. The van der Waals surface area contributed by atoms with Crippen LogP contribution in [-0.4, -0.2) is 35.1 Å². The van der Waals surface area contributed by atoms with E-state index in [4.69, 9.17) is 0 Å². The molecule has 2 N–H and O–H groups in total. The summed E-state index contributed by atoms with van der Waals surface area (Å²) >= 11 is 0. The Bertz CT molecular complexity index is 1350. The molecule has 4 rings (SSSR count). The fourth-order valence-electron chi connectivity index (χ4n) is 3.68. The Kier molecular flexibility index (Phi) is 6.56. The van der Waals surface area contributed by atoms with E-state index in [1.807, 2.05) is 0 Å². The van der Waals surface area contributed by atoms with E-state index in [0.29, 0.717) is 6.07 Å². The number of imide groups is 1. The maximum absolute atomic E-state index is 13.8. The van der Waals surface area contributed by atoms with Gasteiger partial charge in [-0.2, -0.15) is 13.2 Å². The molecule has 3 aromatic carbocycles. The molecule has 0 unspecified atom stereocenters. The largest absolute Gasteiger partial charge is 0.418 e. The van der Waals surface area contributed by atoms with Gasteiger partial charge in [0.25, 0.3) is 17.7 Å². The highest BCUT2D eigenvalue weighted by atomic mass is 19.4. The van der Waals surface area contributed by atoms with Crippen molar-refractivity contribution in [3.63, 3.8) is 0 Å². The third kappa shape index (κ3) is 4.95. The van der Waals surface area contributed by atoms with Crippen LogP contribution in [0.15, 0.2) is 66.7 Å². The Labute approximate surface area is 201 Å². The third-order valence-electron chi connectivity index (χ3n) is 5.42. The van der Waals surface area contributed by atoms with E-state index < -0.39 is 53.3 Å². The van der Waals surface area contributed by atoms with Crippen molar-refractivity contribution in [2.75, 3.05) is 17.2 Å². The second kappa shape index (κ2) is 9.61. The molecule has 3 aromatic rings. The SMILES string of the molecule is O=C(CCN1C(=O)c2ccccc2C1=O)Nc1ccc(NC(=O)c2ccccc2F)cc1C(F)(F)F. The number of carbonyl (C=O) groups is 4. The second-order valence-electron chi connectivity index (χ2n) is 7.80. The molecule has 36 heavy (non-hydrogen) atoms. The van der Waals surface area contributed by atoms with Gasteiger partial charge in [0.1, 0.15) is 5.82 Å². The summed E-state index contributed by atoms with van der Waals surface area (Å²) in [6.07, 6.45) is -5.33. The van der Waals surface area contributed by atoms with Crippen molar-refractivity contribution < 1.29 is 36.7 Å². The average molecular weight is 499 g/mol. The molecule has 184 valence electrons. The standard InChI is InChI=1S/C25H17F4N3O4/c26-19-8-4-3-7-17(19)22(34)30-14-9-10-20(18(13-14)25(27,28)29)31-21(33)11-12-32-23(35)15-5-1-2-6-16(15)24(32)36/h1-10,13H,11-12H2,(H,30,34)(H,31,33). The van der Waals surface area contributed by atoms with Crippen LogP contribution >= 0.6 is 0 Å². The molecule has 0 aliphatic carbocycles. The van der Waals surface area contributed by atoms with Gasteiger partial charge in [-0.1, -0.05) is 24.3 Å². The first kappa shape index (κ1) is 24.6. The number of halogens is 4. The molecule has 0 spiro atoms.